The van der Waals surface area contributed by atoms with E-state index in [1.807, 2.05) is 0 Å². The molecule has 1 rings (SSSR count). The van der Waals surface area contributed by atoms with Crippen molar-refractivity contribution in [1.82, 2.24) is 4.90 Å². The van der Waals surface area contributed by atoms with E-state index in [2.05, 4.69) is 49.2 Å². The molecule has 0 heterocycles. The van der Waals surface area contributed by atoms with Crippen LogP contribution >= 0.6 is 0 Å². The number of likely N-dealkylation sites (N-methyl/N-ethyl adjacent to an activating group) is 1. The summed E-state index contributed by atoms with van der Waals surface area (Å²) in [7, 11) is 2.19. The van der Waals surface area contributed by atoms with Gasteiger partial charge < -0.3 is 14.9 Å². The zero-order valence-electron chi connectivity index (χ0n) is 10.1. The van der Waals surface area contributed by atoms with Gasteiger partial charge in [0.05, 0.1) is 0 Å². The van der Waals surface area contributed by atoms with Gasteiger partial charge in [0, 0.05) is 6.54 Å². The Bertz CT molecular complexity index is 244. The molecule has 2 N–H and O–H groups in total. The van der Waals surface area contributed by atoms with E-state index < -0.39 is 0 Å². The molecule has 0 unspecified atom stereocenters. The van der Waals surface area contributed by atoms with E-state index in [0.717, 1.165) is 13.0 Å². The molecule has 89 valence electrons. The van der Waals surface area contributed by atoms with Gasteiger partial charge in [-0.25, -0.2) is 0 Å². The number of hydrogen-bond acceptors (Lipinski definition) is 3. The fraction of sp³-hybridized carbons (Fsp3) is 0.500. The molecule has 0 aliphatic heterocycles. The first kappa shape index (κ1) is 15.2. The average molecular weight is 222 g/mol. The van der Waals surface area contributed by atoms with Crippen molar-refractivity contribution in [3.63, 3.8) is 0 Å². The lowest BCUT2D eigenvalue weighted by Gasteiger charge is -2.14. The fourth-order valence-electron chi connectivity index (χ4n) is 1.46. The molecule has 1 aromatic rings. The molecule has 1 radical (unpaired) electrons. The molecule has 0 saturated carbocycles. The summed E-state index contributed by atoms with van der Waals surface area (Å²) in [4.78, 5) is 2.38. The van der Waals surface area contributed by atoms with Crippen molar-refractivity contribution in [1.29, 1.82) is 0 Å². The van der Waals surface area contributed by atoms with Crippen LogP contribution in [0.4, 0.5) is 0 Å². The van der Waals surface area contributed by atoms with E-state index in [0.29, 0.717) is 0 Å². The molecule has 0 aliphatic carbocycles. The predicted molar refractivity (Wildman–Crippen MR) is 68.1 cm³/mol. The summed E-state index contributed by atoms with van der Waals surface area (Å²) in [6.45, 7) is 4.59. The molecule has 0 spiro atoms. The number of hydrogen-bond donors (Lipinski definition) is 2. The molecule has 0 saturated heterocycles. The van der Waals surface area contributed by atoms with Gasteiger partial charge in [-0.3, -0.25) is 0 Å². The fourth-order valence-corrected chi connectivity index (χ4v) is 1.46. The molecule has 1 aromatic carbocycles. The second-order valence-electron chi connectivity index (χ2n) is 3.65. The van der Waals surface area contributed by atoms with E-state index in [4.69, 9.17) is 10.0 Å². The smallest absolute Gasteiger partial charge is 0.429 e. The molecule has 0 aliphatic rings. The second kappa shape index (κ2) is 10.7. The SMILES string of the molecule is CCCN(C)CCc1ccccc1.O[B]O. The third kappa shape index (κ3) is 8.47. The number of nitrogens with zero attached hydrogens (tertiary/aromatic N) is 1. The Morgan fingerprint density at radius 1 is 1.12 bits per heavy atom. The van der Waals surface area contributed by atoms with Crippen LogP contribution in [0.1, 0.15) is 18.9 Å². The molecule has 0 atom stereocenters. The largest absolute Gasteiger partial charge is 0.482 e. The van der Waals surface area contributed by atoms with Gasteiger partial charge in [-0.05, 0) is 32.0 Å². The molecule has 0 aromatic heterocycles. The Kier molecular flexibility index (Phi) is 10.1. The Morgan fingerprint density at radius 2 is 1.69 bits per heavy atom. The van der Waals surface area contributed by atoms with Crippen LogP contribution in [0.15, 0.2) is 30.3 Å². The molecular formula is C12H21BNO2. The van der Waals surface area contributed by atoms with E-state index >= 15 is 0 Å². The molecule has 0 amide bonds. The van der Waals surface area contributed by atoms with Gasteiger partial charge in [-0.1, -0.05) is 37.3 Å². The summed E-state index contributed by atoms with van der Waals surface area (Å²) in [5.74, 6) is 0. The van der Waals surface area contributed by atoms with Crippen molar-refractivity contribution in [3.05, 3.63) is 35.9 Å². The van der Waals surface area contributed by atoms with Crippen LogP contribution in [0, 0.1) is 0 Å². The Hall–Kier alpha value is -0.835. The lowest BCUT2D eigenvalue weighted by atomic mass is 10.1. The van der Waals surface area contributed by atoms with Gasteiger partial charge >= 0.3 is 7.69 Å². The van der Waals surface area contributed by atoms with Gasteiger partial charge in [0.1, 0.15) is 0 Å². The van der Waals surface area contributed by atoms with Crippen LogP contribution in [0.5, 0.6) is 0 Å². The lowest BCUT2D eigenvalue weighted by molar-refractivity contribution is 0.339. The highest BCUT2D eigenvalue weighted by Crippen LogP contribution is 2.00. The molecule has 3 nitrogen and oxygen atoms in total. The molecule has 4 heteroatoms. The predicted octanol–water partition coefficient (Wildman–Crippen LogP) is 1.08. The van der Waals surface area contributed by atoms with Crippen molar-refractivity contribution >= 4 is 7.69 Å². The summed E-state index contributed by atoms with van der Waals surface area (Å²) >= 11 is 0. The van der Waals surface area contributed by atoms with E-state index in [1.54, 1.807) is 0 Å². The monoisotopic (exact) mass is 222 g/mol. The quantitative estimate of drug-likeness (QED) is 0.732. The van der Waals surface area contributed by atoms with E-state index in [1.165, 1.54) is 18.5 Å². The minimum absolute atomic E-state index is 0. The maximum absolute atomic E-state index is 7.00. The van der Waals surface area contributed by atoms with Crippen molar-refractivity contribution in [2.75, 3.05) is 20.1 Å². The van der Waals surface area contributed by atoms with Crippen LogP contribution in [0.3, 0.4) is 0 Å². The van der Waals surface area contributed by atoms with Crippen molar-refractivity contribution in [3.8, 4) is 0 Å². The number of rotatable bonds is 5. The minimum Gasteiger partial charge on any atom is -0.429 e. The Balaban J connectivity index is 0.000000673. The highest BCUT2D eigenvalue weighted by atomic mass is 16.4. The standard InChI is InChI=1S/C12H19N.BH2O2/c1-3-10-13(2)11-9-12-7-5-4-6-8-12;2-1-3/h4-8H,3,9-11H2,1-2H3;2-3H. The topological polar surface area (TPSA) is 43.7 Å². The minimum atomic E-state index is 0. The molecular weight excluding hydrogens is 201 g/mol. The summed E-state index contributed by atoms with van der Waals surface area (Å²) < 4.78 is 0. The zero-order chi connectivity index (χ0) is 12.2. The lowest BCUT2D eigenvalue weighted by Crippen LogP contribution is -2.21. The van der Waals surface area contributed by atoms with Crippen LogP contribution in [0.2, 0.25) is 0 Å². The highest BCUT2D eigenvalue weighted by molar-refractivity contribution is 6.13. The van der Waals surface area contributed by atoms with Crippen LogP contribution in [0.25, 0.3) is 0 Å². The van der Waals surface area contributed by atoms with Gasteiger partial charge in [0.2, 0.25) is 0 Å². The average Bonchev–Trinajstić information content (AvgIpc) is 2.29. The zero-order valence-corrected chi connectivity index (χ0v) is 10.1. The first-order chi connectivity index (χ1) is 7.74. The van der Waals surface area contributed by atoms with Crippen molar-refractivity contribution in [2.45, 2.75) is 19.8 Å². The van der Waals surface area contributed by atoms with Crippen molar-refractivity contribution < 1.29 is 10.0 Å². The first-order valence-electron chi connectivity index (χ1n) is 5.57. The van der Waals surface area contributed by atoms with Crippen LogP contribution in [-0.4, -0.2) is 42.8 Å². The van der Waals surface area contributed by atoms with Gasteiger partial charge in [0.25, 0.3) is 0 Å². The Morgan fingerprint density at radius 3 is 2.19 bits per heavy atom. The second-order valence-corrected chi connectivity index (χ2v) is 3.65. The Labute approximate surface area is 99.0 Å². The van der Waals surface area contributed by atoms with Gasteiger partial charge in [-0.15, -0.1) is 0 Å². The van der Waals surface area contributed by atoms with Gasteiger partial charge in [-0.2, -0.15) is 0 Å². The van der Waals surface area contributed by atoms with Crippen LogP contribution < -0.4 is 0 Å². The summed E-state index contributed by atoms with van der Waals surface area (Å²) in [5.41, 5.74) is 1.44. The summed E-state index contributed by atoms with van der Waals surface area (Å²) in [5, 5.41) is 14.0. The molecule has 0 bridgehead atoms. The van der Waals surface area contributed by atoms with E-state index in [9.17, 15) is 0 Å². The normalized spacial score (nSPS) is 9.56. The van der Waals surface area contributed by atoms with Crippen molar-refractivity contribution in [2.24, 2.45) is 0 Å². The van der Waals surface area contributed by atoms with Crippen LogP contribution in [-0.2, 0) is 6.42 Å². The maximum Gasteiger partial charge on any atom is 0.482 e. The third-order valence-corrected chi connectivity index (χ3v) is 2.23. The van der Waals surface area contributed by atoms with E-state index in [-0.39, 0.29) is 7.69 Å². The summed E-state index contributed by atoms with van der Waals surface area (Å²) in [6.07, 6.45) is 2.41. The highest BCUT2D eigenvalue weighted by Gasteiger charge is 1.96. The third-order valence-electron chi connectivity index (χ3n) is 2.23. The van der Waals surface area contributed by atoms with Gasteiger partial charge in [0.15, 0.2) is 0 Å². The molecule has 0 fully saturated rings. The number of benzene rings is 1. The maximum atomic E-state index is 7.00. The first-order valence-corrected chi connectivity index (χ1v) is 5.57. The summed E-state index contributed by atoms with van der Waals surface area (Å²) in [6, 6.07) is 10.7. The molecule has 16 heavy (non-hydrogen) atoms.